The number of aliphatic hydroxyl groups is 1. The number of nitrogens with one attached hydrogen (secondary N) is 1. The molecule has 1 amide bonds. The van der Waals surface area contributed by atoms with E-state index >= 15 is 0 Å². The van der Waals surface area contributed by atoms with Gasteiger partial charge in [0.15, 0.2) is 6.29 Å². The minimum Gasteiger partial charge on any atom is -0.481 e. The molecule has 0 saturated carbocycles. The van der Waals surface area contributed by atoms with Crippen molar-refractivity contribution < 1.29 is 29.3 Å². The van der Waals surface area contributed by atoms with Crippen molar-refractivity contribution in [3.63, 3.8) is 0 Å². The molecular formula is C35H35NO6S. The summed E-state index contributed by atoms with van der Waals surface area (Å²) < 4.78 is 13.0. The molecule has 3 N–H and O–H groups in total. The minimum absolute atomic E-state index is 0.00453. The molecule has 3 atom stereocenters. The van der Waals surface area contributed by atoms with Gasteiger partial charge in [-0.15, -0.1) is 11.8 Å². The molecule has 0 aliphatic carbocycles. The molecule has 0 radical (unpaired) electrons. The topological polar surface area (TPSA) is 105 Å². The van der Waals surface area contributed by atoms with Gasteiger partial charge in [0, 0.05) is 35.6 Å². The molecule has 1 aliphatic heterocycles. The van der Waals surface area contributed by atoms with Crippen LogP contribution in [0.3, 0.4) is 0 Å². The van der Waals surface area contributed by atoms with E-state index in [1.165, 1.54) is 4.90 Å². The van der Waals surface area contributed by atoms with Gasteiger partial charge in [-0.2, -0.15) is 0 Å². The molecule has 1 saturated heterocycles. The highest BCUT2D eigenvalue weighted by atomic mass is 32.2. The first-order valence-corrected chi connectivity index (χ1v) is 15.3. The Morgan fingerprint density at radius 1 is 0.791 bits per heavy atom. The second-order valence-electron chi connectivity index (χ2n) is 10.5. The maximum Gasteiger partial charge on any atom is 0.303 e. The summed E-state index contributed by atoms with van der Waals surface area (Å²) in [6, 6.07) is 34.2. The largest absolute Gasteiger partial charge is 0.481 e. The number of carbonyl (C=O) groups is 2. The lowest BCUT2D eigenvalue weighted by molar-refractivity contribution is -0.245. The first-order valence-electron chi connectivity index (χ1n) is 14.3. The van der Waals surface area contributed by atoms with Crippen molar-refractivity contribution in [1.82, 2.24) is 5.32 Å². The van der Waals surface area contributed by atoms with Gasteiger partial charge in [0.1, 0.15) is 0 Å². The van der Waals surface area contributed by atoms with E-state index in [4.69, 9.17) is 14.6 Å². The number of hydrogen-bond donors (Lipinski definition) is 3. The number of hydrogen-bond acceptors (Lipinski definition) is 6. The van der Waals surface area contributed by atoms with Gasteiger partial charge >= 0.3 is 5.97 Å². The molecule has 4 aromatic rings. The number of carboxylic acid groups (broad SMARTS) is 1. The molecule has 8 heteroatoms. The van der Waals surface area contributed by atoms with E-state index in [1.807, 2.05) is 91.0 Å². The number of aliphatic hydroxyl groups excluding tert-OH is 1. The molecule has 1 aliphatic rings. The fourth-order valence-electron chi connectivity index (χ4n) is 4.93. The molecular weight excluding hydrogens is 562 g/mol. The van der Waals surface area contributed by atoms with Crippen LogP contribution in [0.4, 0.5) is 0 Å². The predicted molar refractivity (Wildman–Crippen MR) is 166 cm³/mol. The SMILES string of the molecule is O=C(O)CCC(=O)NCc1cccc(-c2ccc([C@@H]3O[C@H](CSc4ccccc4)C[C@H](c4ccc(CO)cc4)O3)cc2)c1. The second-order valence-corrected chi connectivity index (χ2v) is 11.6. The Bertz CT molecular complexity index is 1490. The Hall–Kier alpha value is -3.95. The van der Waals surface area contributed by atoms with Gasteiger partial charge in [-0.3, -0.25) is 9.59 Å². The minimum atomic E-state index is -0.988. The van der Waals surface area contributed by atoms with E-state index in [9.17, 15) is 14.7 Å². The fraction of sp³-hybridized carbons (Fsp3) is 0.257. The number of rotatable bonds is 12. The van der Waals surface area contributed by atoms with Gasteiger partial charge in [-0.25, -0.2) is 0 Å². The van der Waals surface area contributed by atoms with Gasteiger partial charge in [0.2, 0.25) is 5.91 Å². The summed E-state index contributed by atoms with van der Waals surface area (Å²) in [4.78, 5) is 23.8. The van der Waals surface area contributed by atoms with Crippen LogP contribution in [0.1, 0.15) is 53.9 Å². The first kappa shape index (κ1) is 30.5. The Morgan fingerprint density at radius 3 is 2.26 bits per heavy atom. The van der Waals surface area contributed by atoms with Gasteiger partial charge in [-0.05, 0) is 46.0 Å². The Morgan fingerprint density at radius 2 is 1.53 bits per heavy atom. The van der Waals surface area contributed by atoms with Gasteiger partial charge in [0.25, 0.3) is 0 Å². The van der Waals surface area contributed by atoms with Gasteiger partial charge < -0.3 is 25.0 Å². The average molecular weight is 598 g/mol. The van der Waals surface area contributed by atoms with Crippen molar-refractivity contribution in [3.05, 3.63) is 125 Å². The standard InChI is InChI=1S/C35H35NO6S/c37-22-24-9-11-27(12-10-24)32-20-30(23-43-31-7-2-1-3-8-31)41-35(42-32)28-15-13-26(14-16-28)29-6-4-5-25(19-29)21-36-33(38)17-18-34(39)40/h1-16,19,30,32,35,37H,17-18,20-23H2,(H,36,38)(H,39,40)/t30-,32+,35+/m0/s1. The van der Waals surface area contributed by atoms with Crippen LogP contribution in [0.25, 0.3) is 11.1 Å². The number of carboxylic acids is 1. The monoisotopic (exact) mass is 597 g/mol. The molecule has 7 nitrogen and oxygen atoms in total. The van der Waals surface area contributed by atoms with Crippen LogP contribution in [0.15, 0.2) is 108 Å². The zero-order valence-electron chi connectivity index (χ0n) is 23.7. The van der Waals surface area contributed by atoms with Crippen LogP contribution in [-0.2, 0) is 32.2 Å². The van der Waals surface area contributed by atoms with E-state index in [0.29, 0.717) is 6.54 Å². The highest BCUT2D eigenvalue weighted by Gasteiger charge is 2.32. The number of carbonyl (C=O) groups excluding carboxylic acids is 1. The number of amides is 1. The summed E-state index contributed by atoms with van der Waals surface area (Å²) in [5.74, 6) is -0.474. The summed E-state index contributed by atoms with van der Waals surface area (Å²) in [7, 11) is 0. The quantitative estimate of drug-likeness (QED) is 0.157. The molecule has 4 aromatic carbocycles. The highest BCUT2D eigenvalue weighted by Crippen LogP contribution is 2.40. The summed E-state index contributed by atoms with van der Waals surface area (Å²) >= 11 is 1.77. The van der Waals surface area contributed by atoms with Crippen LogP contribution in [0.2, 0.25) is 0 Å². The highest BCUT2D eigenvalue weighted by molar-refractivity contribution is 7.99. The Labute approximate surface area is 255 Å². The van der Waals surface area contributed by atoms with E-state index < -0.39 is 12.3 Å². The van der Waals surface area contributed by atoms with Gasteiger partial charge in [0.05, 0.1) is 25.2 Å². The van der Waals surface area contributed by atoms with Crippen molar-refractivity contribution in [2.24, 2.45) is 0 Å². The van der Waals surface area contributed by atoms with Crippen LogP contribution in [-0.4, -0.2) is 33.9 Å². The summed E-state index contributed by atoms with van der Waals surface area (Å²) in [6.45, 7) is 0.335. The zero-order chi connectivity index (χ0) is 30.0. The van der Waals surface area contributed by atoms with Crippen molar-refractivity contribution in [1.29, 1.82) is 0 Å². The predicted octanol–water partition coefficient (Wildman–Crippen LogP) is 6.66. The third-order valence-corrected chi connectivity index (χ3v) is 8.44. The van der Waals surface area contributed by atoms with E-state index in [-0.39, 0.29) is 37.6 Å². The normalized spacial score (nSPS) is 18.2. The summed E-state index contributed by atoms with van der Waals surface area (Å²) in [5, 5.41) is 21.0. The Balaban J connectivity index is 1.28. The number of thioether (sulfide) groups is 1. The smallest absolute Gasteiger partial charge is 0.303 e. The zero-order valence-corrected chi connectivity index (χ0v) is 24.5. The van der Waals surface area contributed by atoms with Crippen molar-refractivity contribution in [3.8, 4) is 11.1 Å². The number of benzene rings is 4. The third kappa shape index (κ3) is 8.78. The van der Waals surface area contributed by atoms with E-state index in [1.54, 1.807) is 11.8 Å². The lowest BCUT2D eigenvalue weighted by Gasteiger charge is -2.36. The molecule has 0 unspecified atom stereocenters. The molecule has 222 valence electrons. The molecule has 1 heterocycles. The fourth-order valence-corrected chi connectivity index (χ4v) is 5.87. The lowest BCUT2D eigenvalue weighted by Crippen LogP contribution is -2.31. The number of ether oxygens (including phenoxy) is 2. The average Bonchev–Trinajstić information content (AvgIpc) is 3.06. The van der Waals surface area contributed by atoms with Crippen molar-refractivity contribution in [2.45, 2.75) is 55.8 Å². The van der Waals surface area contributed by atoms with Crippen LogP contribution < -0.4 is 5.32 Å². The molecule has 5 rings (SSSR count). The lowest BCUT2D eigenvalue weighted by atomic mass is 9.99. The molecule has 0 spiro atoms. The van der Waals surface area contributed by atoms with Crippen molar-refractivity contribution >= 4 is 23.6 Å². The summed E-state index contributed by atoms with van der Waals surface area (Å²) in [5.41, 5.74) is 5.81. The van der Waals surface area contributed by atoms with E-state index in [2.05, 4.69) is 17.4 Å². The molecule has 0 aromatic heterocycles. The number of aliphatic carboxylic acids is 1. The van der Waals surface area contributed by atoms with Crippen LogP contribution in [0.5, 0.6) is 0 Å². The van der Waals surface area contributed by atoms with Gasteiger partial charge in [-0.1, -0.05) is 84.9 Å². The maximum absolute atomic E-state index is 11.9. The second kappa shape index (κ2) is 15.0. The molecule has 1 fully saturated rings. The van der Waals surface area contributed by atoms with Crippen molar-refractivity contribution in [2.75, 3.05) is 5.75 Å². The maximum atomic E-state index is 11.9. The van der Waals surface area contributed by atoms with E-state index in [0.717, 1.165) is 45.6 Å². The first-order chi connectivity index (χ1) is 21.0. The van der Waals surface area contributed by atoms with Crippen LogP contribution in [0, 0.1) is 0 Å². The summed E-state index contributed by atoms with van der Waals surface area (Å²) in [6.07, 6.45) is -0.187. The van der Waals surface area contributed by atoms with Crippen LogP contribution >= 0.6 is 11.8 Å². The molecule has 0 bridgehead atoms. The third-order valence-electron chi connectivity index (χ3n) is 7.29. The Kier molecular flexibility index (Phi) is 10.6. The molecule has 43 heavy (non-hydrogen) atoms.